The van der Waals surface area contributed by atoms with E-state index in [0.717, 1.165) is 5.56 Å². The van der Waals surface area contributed by atoms with Gasteiger partial charge in [-0.05, 0) is 19.1 Å². The van der Waals surface area contributed by atoms with Gasteiger partial charge in [-0.2, -0.15) is 5.10 Å². The molecule has 0 aromatic carbocycles. The Morgan fingerprint density at radius 3 is 2.86 bits per heavy atom. The molecular formula is C13H16N6O2. The van der Waals surface area contributed by atoms with E-state index in [2.05, 4.69) is 31.3 Å². The van der Waals surface area contributed by atoms with Gasteiger partial charge < -0.3 is 5.32 Å². The van der Waals surface area contributed by atoms with Crippen LogP contribution in [0.4, 0.5) is 0 Å². The van der Waals surface area contributed by atoms with Crippen LogP contribution < -0.4 is 16.2 Å². The van der Waals surface area contributed by atoms with Crippen LogP contribution in [0, 0.1) is 6.92 Å². The zero-order chi connectivity index (χ0) is 15.2. The number of pyridine rings is 1. The van der Waals surface area contributed by atoms with Crippen molar-refractivity contribution >= 4 is 11.8 Å². The van der Waals surface area contributed by atoms with E-state index in [1.807, 2.05) is 6.07 Å². The quantitative estimate of drug-likeness (QED) is 0.567. The normalized spacial score (nSPS) is 10.2. The average molecular weight is 288 g/mol. The molecule has 0 atom stereocenters. The highest BCUT2D eigenvalue weighted by atomic mass is 16.2. The molecule has 0 aliphatic heterocycles. The summed E-state index contributed by atoms with van der Waals surface area (Å²) in [4.78, 5) is 27.3. The van der Waals surface area contributed by atoms with Gasteiger partial charge >= 0.3 is 0 Å². The Hall–Kier alpha value is -2.74. The zero-order valence-electron chi connectivity index (χ0n) is 11.7. The first-order valence-corrected chi connectivity index (χ1v) is 6.32. The van der Waals surface area contributed by atoms with E-state index < -0.39 is 0 Å². The molecule has 0 saturated carbocycles. The van der Waals surface area contributed by atoms with E-state index in [0.29, 0.717) is 17.0 Å². The molecule has 8 heteroatoms. The maximum absolute atomic E-state index is 12.2. The largest absolute Gasteiger partial charge is 0.358 e. The number of hydrogen-bond donors (Lipinski definition) is 4. The Kier molecular flexibility index (Phi) is 4.62. The molecule has 0 aliphatic rings. The number of hydrazine groups is 1. The molecule has 8 nitrogen and oxygen atoms in total. The number of amides is 2. The number of carbonyl (C=O) groups excluding carboxylic acids is 2. The molecule has 0 aliphatic carbocycles. The maximum atomic E-state index is 12.2. The predicted octanol–water partition coefficient (Wildman–Crippen LogP) is -0.239. The lowest BCUT2D eigenvalue weighted by atomic mass is 10.1. The first-order valence-electron chi connectivity index (χ1n) is 6.32. The van der Waals surface area contributed by atoms with Crippen LogP contribution in [0.5, 0.6) is 0 Å². The van der Waals surface area contributed by atoms with E-state index in [-0.39, 0.29) is 18.4 Å². The Morgan fingerprint density at radius 1 is 1.38 bits per heavy atom. The minimum absolute atomic E-state index is 0.0125. The van der Waals surface area contributed by atoms with Crippen LogP contribution >= 0.6 is 0 Å². The summed E-state index contributed by atoms with van der Waals surface area (Å²) in [5.41, 5.74) is 7.35. The second kappa shape index (κ2) is 6.62. The average Bonchev–Trinajstić information content (AvgIpc) is 2.89. The Bertz CT molecular complexity index is 637. The highest BCUT2D eigenvalue weighted by Crippen LogP contribution is 2.22. The van der Waals surface area contributed by atoms with Crippen LogP contribution in [-0.4, -0.2) is 40.6 Å². The third kappa shape index (κ3) is 3.42. The fourth-order valence-electron chi connectivity index (χ4n) is 1.79. The lowest BCUT2D eigenvalue weighted by Crippen LogP contribution is -2.43. The lowest BCUT2D eigenvalue weighted by molar-refractivity contribution is -0.119. The van der Waals surface area contributed by atoms with Gasteiger partial charge in [-0.1, -0.05) is 0 Å². The molecule has 2 aromatic heterocycles. The summed E-state index contributed by atoms with van der Waals surface area (Å²) in [6.45, 7) is 1.71. The predicted molar refractivity (Wildman–Crippen MR) is 76.1 cm³/mol. The molecular weight excluding hydrogens is 272 g/mol. The number of aromatic nitrogens is 3. The fourth-order valence-corrected chi connectivity index (χ4v) is 1.79. The summed E-state index contributed by atoms with van der Waals surface area (Å²) in [7, 11) is 1.52. The summed E-state index contributed by atoms with van der Waals surface area (Å²) in [6.07, 6.45) is 3.29. The molecule has 110 valence electrons. The van der Waals surface area contributed by atoms with Gasteiger partial charge in [0.15, 0.2) is 0 Å². The minimum Gasteiger partial charge on any atom is -0.358 e. The molecule has 2 heterocycles. The second-order valence-corrected chi connectivity index (χ2v) is 4.28. The number of aryl methyl sites for hydroxylation is 1. The molecule has 0 saturated heterocycles. The Morgan fingerprint density at radius 2 is 2.19 bits per heavy atom. The van der Waals surface area contributed by atoms with Crippen LogP contribution in [0.25, 0.3) is 11.3 Å². The van der Waals surface area contributed by atoms with Crippen molar-refractivity contribution in [3.8, 4) is 11.3 Å². The topological polar surface area (TPSA) is 112 Å². The third-order valence-electron chi connectivity index (χ3n) is 2.85. The van der Waals surface area contributed by atoms with E-state index in [1.165, 1.54) is 7.05 Å². The lowest BCUT2D eigenvalue weighted by Gasteiger charge is -2.07. The van der Waals surface area contributed by atoms with Crippen molar-refractivity contribution in [2.45, 2.75) is 6.92 Å². The Balaban J connectivity index is 2.14. The number of hydrogen-bond acceptors (Lipinski definition) is 5. The number of rotatable bonds is 5. The first-order chi connectivity index (χ1) is 10.1. The number of nitrogens with one attached hydrogen (secondary N) is 4. The van der Waals surface area contributed by atoms with Gasteiger partial charge in [-0.3, -0.25) is 25.1 Å². The van der Waals surface area contributed by atoms with Crippen molar-refractivity contribution < 1.29 is 9.59 Å². The minimum atomic E-state index is -0.371. The molecule has 4 N–H and O–H groups in total. The number of nitrogens with zero attached hydrogens (tertiary/aromatic N) is 2. The molecule has 0 bridgehead atoms. The van der Waals surface area contributed by atoms with Crippen LogP contribution in [0.3, 0.4) is 0 Å². The standard InChI is InChI=1S/C13H16N6O2/c1-8-11(13(21)19-16-7-10(20)14-2)12(18-17-8)9-4-3-5-15-6-9/h3-6,16H,7H2,1-2H3,(H,14,20)(H,17,18)(H,19,21). The number of carbonyl (C=O) groups is 2. The van der Waals surface area contributed by atoms with E-state index in [4.69, 9.17) is 0 Å². The SMILES string of the molecule is CNC(=O)CNNC(=O)c1c(C)n[nH]c1-c1cccnc1. The van der Waals surface area contributed by atoms with E-state index >= 15 is 0 Å². The van der Waals surface area contributed by atoms with E-state index in [1.54, 1.807) is 25.4 Å². The van der Waals surface area contributed by atoms with Gasteiger partial charge in [-0.25, -0.2) is 5.43 Å². The third-order valence-corrected chi connectivity index (χ3v) is 2.85. The molecule has 21 heavy (non-hydrogen) atoms. The summed E-state index contributed by atoms with van der Waals surface area (Å²) in [5, 5.41) is 9.32. The van der Waals surface area contributed by atoms with Gasteiger partial charge in [0, 0.05) is 25.0 Å². The van der Waals surface area contributed by atoms with Crippen molar-refractivity contribution in [2.24, 2.45) is 0 Å². The molecule has 0 unspecified atom stereocenters. The van der Waals surface area contributed by atoms with Gasteiger partial charge in [0.25, 0.3) is 5.91 Å². The Labute approximate surface area is 121 Å². The van der Waals surface area contributed by atoms with Crippen LogP contribution in [0.1, 0.15) is 16.1 Å². The monoisotopic (exact) mass is 288 g/mol. The van der Waals surface area contributed by atoms with Crippen molar-refractivity contribution in [3.05, 3.63) is 35.8 Å². The summed E-state index contributed by atoms with van der Waals surface area (Å²) in [6, 6.07) is 3.60. The zero-order valence-corrected chi connectivity index (χ0v) is 11.7. The van der Waals surface area contributed by atoms with Crippen LogP contribution in [-0.2, 0) is 4.79 Å². The van der Waals surface area contributed by atoms with Crippen molar-refractivity contribution in [1.29, 1.82) is 0 Å². The van der Waals surface area contributed by atoms with Crippen molar-refractivity contribution in [1.82, 2.24) is 31.3 Å². The van der Waals surface area contributed by atoms with Gasteiger partial charge in [0.2, 0.25) is 5.91 Å². The number of H-pyrrole nitrogens is 1. The summed E-state index contributed by atoms with van der Waals surface area (Å²) >= 11 is 0. The van der Waals surface area contributed by atoms with Crippen LogP contribution in [0.15, 0.2) is 24.5 Å². The molecule has 2 rings (SSSR count). The van der Waals surface area contributed by atoms with Crippen molar-refractivity contribution in [2.75, 3.05) is 13.6 Å². The molecule has 2 aromatic rings. The fraction of sp³-hybridized carbons (Fsp3) is 0.231. The van der Waals surface area contributed by atoms with Gasteiger partial charge in [0.1, 0.15) is 0 Å². The van der Waals surface area contributed by atoms with Crippen LogP contribution in [0.2, 0.25) is 0 Å². The summed E-state index contributed by atoms with van der Waals surface area (Å²) < 4.78 is 0. The van der Waals surface area contributed by atoms with Crippen molar-refractivity contribution in [3.63, 3.8) is 0 Å². The summed E-state index contributed by atoms with van der Waals surface area (Å²) in [5.74, 6) is -0.601. The molecule has 0 spiro atoms. The molecule has 0 fully saturated rings. The highest BCUT2D eigenvalue weighted by molar-refractivity contribution is 6.00. The second-order valence-electron chi connectivity index (χ2n) is 4.28. The maximum Gasteiger partial charge on any atom is 0.269 e. The van der Waals surface area contributed by atoms with E-state index in [9.17, 15) is 9.59 Å². The molecule has 2 amide bonds. The first kappa shape index (κ1) is 14.7. The number of aromatic amines is 1. The van der Waals surface area contributed by atoms with Gasteiger partial charge in [-0.15, -0.1) is 0 Å². The molecule has 0 radical (unpaired) electrons. The highest BCUT2D eigenvalue weighted by Gasteiger charge is 2.19. The number of likely N-dealkylation sites (N-methyl/N-ethyl adjacent to an activating group) is 1. The van der Waals surface area contributed by atoms with Gasteiger partial charge in [0.05, 0.1) is 23.5 Å². The smallest absolute Gasteiger partial charge is 0.269 e.